The fourth-order valence-corrected chi connectivity index (χ4v) is 15.4. The fourth-order valence-electron chi connectivity index (χ4n) is 10.6. The van der Waals surface area contributed by atoms with Crippen molar-refractivity contribution in [1.82, 2.24) is 9.47 Å². The van der Waals surface area contributed by atoms with E-state index in [1.807, 2.05) is 99.6 Å². The van der Waals surface area contributed by atoms with E-state index in [2.05, 4.69) is 30.2 Å². The molecule has 0 saturated carbocycles. The number of thioether (sulfide) groups is 1. The Morgan fingerprint density at radius 3 is 2.16 bits per heavy atom. The number of carboxylic acid groups (broad SMARTS) is 1. The number of carboxylic acids is 1. The number of anilines is 4. The van der Waals surface area contributed by atoms with Crippen molar-refractivity contribution in [3.05, 3.63) is 138 Å². The molecule has 77 heavy (non-hydrogen) atoms. The Kier molecular flexibility index (Phi) is 17.5. The third-order valence-electron chi connectivity index (χ3n) is 14.5. The van der Waals surface area contributed by atoms with Crippen LogP contribution in [-0.4, -0.2) is 105 Å². The molecule has 3 aliphatic rings. The summed E-state index contributed by atoms with van der Waals surface area (Å²) in [6.07, 6.45) is 2.05. The van der Waals surface area contributed by atoms with Gasteiger partial charge in [0, 0.05) is 65.6 Å². The van der Waals surface area contributed by atoms with Gasteiger partial charge >= 0.3 is 171 Å². The zero-order chi connectivity index (χ0) is 54.6. The van der Waals surface area contributed by atoms with Crippen LogP contribution in [0.5, 0.6) is 0 Å². The summed E-state index contributed by atoms with van der Waals surface area (Å²) in [7, 11) is -10.2. The van der Waals surface area contributed by atoms with Gasteiger partial charge in [0.2, 0.25) is 0 Å². The minimum absolute atomic E-state index is 0.00460. The number of nitrogens with one attached hydrogen (secondary N) is 1. The topological polar surface area (TPSA) is 145 Å². The van der Waals surface area contributed by atoms with Crippen LogP contribution in [0.15, 0.2) is 131 Å². The molecule has 2 N–H and O–H groups in total. The second kappa shape index (κ2) is 23.9. The van der Waals surface area contributed by atoms with Crippen LogP contribution in [0.2, 0.25) is 5.02 Å². The van der Waals surface area contributed by atoms with Gasteiger partial charge in [0.1, 0.15) is 0 Å². The Labute approximate surface area is 458 Å². The van der Waals surface area contributed by atoms with Gasteiger partial charge in [-0.05, 0) is 80.4 Å². The number of aromatic nitrogens is 1. The minimum Gasteiger partial charge on any atom is -0.341 e. The molecule has 406 valence electrons. The van der Waals surface area contributed by atoms with Gasteiger partial charge < -0.3 is 24.0 Å². The van der Waals surface area contributed by atoms with Crippen LogP contribution in [0, 0.1) is 18.5 Å². The number of rotatable bonds is 17. The molecule has 21 heteroatoms. The Morgan fingerprint density at radius 2 is 1.52 bits per heavy atom. The van der Waals surface area contributed by atoms with Gasteiger partial charge in [-0.25, -0.2) is 13.2 Å². The standard InChI is InChI=1S/C56H60ClF3N6O7P2S2/c1-38(2)66-39(3)52(55(67)68)53(54(66)41-12-14-43(57)15-13-41)42-8-7-9-47(34-42)64-30-28-63(29-31-64)45-16-18-46(19-17-45)65-32-33-73-75(65,70)48-20-21-50(51(35-48)77(71,72)56(58,59)60)61-44(37-76-49-10-5-4-6-11-49)24-27-62-25-22-40(23-26-62)36-74-69/h4-21,34-35,38,40,44,61H,22-33,37H2,1-3H3,(H,67,68)/t44?,75-/m0/s1. The summed E-state index contributed by atoms with van der Waals surface area (Å²) in [5, 5.41) is 14.2. The smallest absolute Gasteiger partial charge is 0.341 e. The number of piperazine rings is 1. The fraction of sp³-hybridized carbons (Fsp3) is 0.357. The summed E-state index contributed by atoms with van der Waals surface area (Å²) in [6.45, 7) is 10.7. The molecule has 2 atom stereocenters. The van der Waals surface area contributed by atoms with E-state index in [0.717, 1.165) is 65.1 Å². The van der Waals surface area contributed by atoms with Crippen molar-refractivity contribution in [3.8, 4) is 28.0 Å². The summed E-state index contributed by atoms with van der Waals surface area (Å²) in [5.41, 5.74) is 3.38. The molecule has 3 aliphatic heterocycles. The zero-order valence-corrected chi connectivity index (χ0v) is 47.0. The second-order valence-corrected chi connectivity index (χ2v) is 25.9. The molecular weight excluding hydrogens is 1090 g/mol. The molecule has 4 heterocycles. The van der Waals surface area contributed by atoms with E-state index in [0.29, 0.717) is 66.9 Å². The van der Waals surface area contributed by atoms with Crippen LogP contribution in [-0.2, 0) is 23.5 Å². The average Bonchev–Trinajstić information content (AvgIpc) is 4.10. The Hall–Kier alpha value is -5.41. The number of hydrogen-bond donors (Lipinski definition) is 2. The van der Waals surface area contributed by atoms with Crippen molar-refractivity contribution < 1.29 is 45.1 Å². The molecule has 5 aromatic carbocycles. The number of nitrogens with zero attached hydrogens (tertiary/aromatic N) is 5. The molecule has 1 unspecified atom stereocenters. The molecule has 1 aromatic heterocycles. The van der Waals surface area contributed by atoms with Crippen LogP contribution in [0.4, 0.5) is 35.9 Å². The third kappa shape index (κ3) is 12.3. The van der Waals surface area contributed by atoms with Crippen LogP contribution >= 0.6 is 38.8 Å². The summed E-state index contributed by atoms with van der Waals surface area (Å²) in [4.78, 5) is 19.6. The number of sulfone groups is 1. The van der Waals surface area contributed by atoms with Crippen LogP contribution < -0.4 is 25.1 Å². The van der Waals surface area contributed by atoms with Gasteiger partial charge in [0.05, 0.1) is 29.7 Å². The summed E-state index contributed by atoms with van der Waals surface area (Å²) >= 11 is 7.78. The molecule has 0 amide bonds. The second-order valence-electron chi connectivity index (χ2n) is 19.7. The van der Waals surface area contributed by atoms with Gasteiger partial charge in [0.15, 0.2) is 0 Å². The van der Waals surface area contributed by atoms with E-state index in [-0.39, 0.29) is 49.6 Å². The van der Waals surface area contributed by atoms with Crippen molar-refractivity contribution in [3.63, 3.8) is 0 Å². The first-order valence-corrected chi connectivity index (χ1v) is 30.8. The van der Waals surface area contributed by atoms with Crippen molar-refractivity contribution >= 4 is 82.7 Å². The number of aromatic carboxylic acids is 1. The third-order valence-corrected chi connectivity index (χ3v) is 20.5. The number of piperidine rings is 1. The Morgan fingerprint density at radius 1 is 0.857 bits per heavy atom. The van der Waals surface area contributed by atoms with Gasteiger partial charge in [0.25, 0.3) is 0 Å². The van der Waals surface area contributed by atoms with E-state index in [4.69, 9.17) is 16.1 Å². The molecule has 3 fully saturated rings. The van der Waals surface area contributed by atoms with Gasteiger partial charge in [-0.2, -0.15) is 13.2 Å². The molecule has 9 rings (SSSR count). The van der Waals surface area contributed by atoms with Crippen molar-refractivity contribution in [1.29, 1.82) is 0 Å². The first kappa shape index (κ1) is 56.3. The molecular formula is C56H60ClF3N6O7P2S2. The normalized spacial score (nSPS) is 18.2. The first-order chi connectivity index (χ1) is 36.9. The number of carbonyl (C=O) groups is 1. The first-order valence-electron chi connectivity index (χ1n) is 25.5. The number of halogens is 4. The molecule has 0 aliphatic carbocycles. The van der Waals surface area contributed by atoms with Crippen LogP contribution in [0.3, 0.4) is 0 Å². The maximum absolute atomic E-state index is 15.0. The summed E-state index contributed by atoms with van der Waals surface area (Å²) in [6, 6.07) is 35.3. The number of likely N-dealkylation sites (tertiary alicyclic amines) is 1. The summed E-state index contributed by atoms with van der Waals surface area (Å²) < 4.78 is 106. The summed E-state index contributed by atoms with van der Waals surface area (Å²) in [5.74, 6) is -0.471. The van der Waals surface area contributed by atoms with Crippen LogP contribution in [0.25, 0.3) is 22.4 Å². The predicted molar refractivity (Wildman–Crippen MR) is 303 cm³/mol. The van der Waals surface area contributed by atoms with E-state index in [1.54, 1.807) is 24.3 Å². The average molecular weight is 1150 g/mol. The molecule has 0 radical (unpaired) electrons. The van der Waals surface area contributed by atoms with Gasteiger partial charge in [-0.1, -0.05) is 54.1 Å². The zero-order valence-electron chi connectivity index (χ0n) is 42.8. The SMILES string of the molecule is Cc1c(C(=O)O)c(-c2cccc(N3CCN(c4ccc(N5CCO[P@@]5(=O)c5ccc(NC(CCN6CCC(C#P=O)CC6)CSc6ccccc6)c(S(=O)(=O)C(F)(F)F)c5)cc4)CC3)c2)c(-c2ccc(Cl)cc2)n1C(C)C. The van der Waals surface area contributed by atoms with Crippen LogP contribution in [0.1, 0.15) is 55.2 Å². The molecule has 0 spiro atoms. The molecule has 13 nitrogen and oxygen atoms in total. The van der Waals surface area contributed by atoms with Gasteiger partial charge in [-0.3, -0.25) is 9.24 Å². The quantitative estimate of drug-likeness (QED) is 0.0661. The molecule has 6 aromatic rings. The number of benzene rings is 5. The van der Waals surface area contributed by atoms with Gasteiger partial charge in [-0.15, -0.1) is 0 Å². The van der Waals surface area contributed by atoms with Crippen molar-refractivity contribution in [2.45, 2.75) is 67.4 Å². The Balaban J connectivity index is 0.920. The van der Waals surface area contributed by atoms with E-state index in [9.17, 15) is 36.1 Å². The predicted octanol–water partition coefficient (Wildman–Crippen LogP) is 13.0. The monoisotopic (exact) mass is 1150 g/mol. The Bertz CT molecular complexity index is 3370. The van der Waals surface area contributed by atoms with Crippen molar-refractivity contribution in [2.75, 3.05) is 84.5 Å². The maximum atomic E-state index is 15.0. The minimum atomic E-state index is -5.95. The van der Waals surface area contributed by atoms with E-state index in [1.165, 1.54) is 28.6 Å². The molecule has 3 saturated heterocycles. The number of hydrogen-bond acceptors (Lipinski definition) is 11. The molecule has 0 bridgehead atoms. The van der Waals surface area contributed by atoms with E-state index >= 15 is 4.57 Å². The van der Waals surface area contributed by atoms with E-state index < -0.39 is 39.8 Å². The van der Waals surface area contributed by atoms with Crippen molar-refractivity contribution in [2.24, 2.45) is 5.92 Å². The number of alkyl halides is 3.